The Morgan fingerprint density at radius 1 is 1.38 bits per heavy atom. The van der Waals surface area contributed by atoms with Gasteiger partial charge in [0.2, 0.25) is 5.91 Å². The Labute approximate surface area is 134 Å². The first kappa shape index (κ1) is 17.0. The van der Waals surface area contributed by atoms with Crippen LogP contribution in [0, 0.1) is 11.3 Å². The quantitative estimate of drug-likeness (QED) is 0.814. The second kappa shape index (κ2) is 6.43. The summed E-state index contributed by atoms with van der Waals surface area (Å²) in [7, 11) is 0. The highest BCUT2D eigenvalue weighted by atomic mass is 35.5. The Balaban J connectivity index is 0.00000161. The van der Waals surface area contributed by atoms with Gasteiger partial charge in [-0.1, -0.05) is 6.92 Å². The molecule has 2 saturated carbocycles. The number of hydrogen-bond donors (Lipinski definition) is 1. The van der Waals surface area contributed by atoms with Gasteiger partial charge in [0.1, 0.15) is 0 Å². The van der Waals surface area contributed by atoms with Crippen molar-refractivity contribution in [2.24, 2.45) is 17.1 Å². The van der Waals surface area contributed by atoms with Gasteiger partial charge in [0.15, 0.2) is 0 Å². The molecule has 1 aliphatic heterocycles. The van der Waals surface area contributed by atoms with Gasteiger partial charge in [0, 0.05) is 18.6 Å². The third kappa shape index (κ3) is 3.91. The Bertz CT molecular complexity index is 384. The van der Waals surface area contributed by atoms with Crippen LogP contribution in [0.2, 0.25) is 0 Å². The lowest BCUT2D eigenvalue weighted by Crippen LogP contribution is -2.46. The van der Waals surface area contributed by atoms with E-state index < -0.39 is 0 Å². The van der Waals surface area contributed by atoms with Crippen LogP contribution >= 0.6 is 12.4 Å². The molecule has 5 heteroatoms. The molecule has 4 nitrogen and oxygen atoms in total. The molecule has 0 aromatic rings. The van der Waals surface area contributed by atoms with Gasteiger partial charge < -0.3 is 10.6 Å². The van der Waals surface area contributed by atoms with Crippen LogP contribution in [0.3, 0.4) is 0 Å². The predicted octanol–water partition coefficient (Wildman–Crippen LogP) is 1.87. The summed E-state index contributed by atoms with van der Waals surface area (Å²) < 4.78 is 0. The van der Waals surface area contributed by atoms with Crippen LogP contribution in [0.5, 0.6) is 0 Å². The van der Waals surface area contributed by atoms with Crippen molar-refractivity contribution in [3.8, 4) is 0 Å². The number of carbonyl (C=O) groups is 1. The molecule has 3 aliphatic rings. The number of halogens is 1. The van der Waals surface area contributed by atoms with Gasteiger partial charge in [-0.25, -0.2) is 0 Å². The average molecular weight is 316 g/mol. The molecule has 2 N–H and O–H groups in total. The number of nitrogens with two attached hydrogens (primary N) is 1. The molecular weight excluding hydrogens is 286 g/mol. The zero-order valence-electron chi connectivity index (χ0n) is 13.4. The molecule has 1 saturated heterocycles. The summed E-state index contributed by atoms with van der Waals surface area (Å²) in [4.78, 5) is 17.2. The highest BCUT2D eigenvalue weighted by Crippen LogP contribution is 2.40. The minimum absolute atomic E-state index is 0. The van der Waals surface area contributed by atoms with Crippen LogP contribution in [-0.2, 0) is 4.79 Å². The summed E-state index contributed by atoms with van der Waals surface area (Å²) in [5.74, 6) is 1.13. The molecule has 3 fully saturated rings. The molecule has 2 atom stereocenters. The van der Waals surface area contributed by atoms with Crippen LogP contribution in [0.15, 0.2) is 0 Å². The molecule has 21 heavy (non-hydrogen) atoms. The number of carbonyl (C=O) groups excluding carboxylic acids is 1. The predicted molar refractivity (Wildman–Crippen MR) is 87.5 cm³/mol. The average Bonchev–Trinajstić information content (AvgIpc) is 3.30. The third-order valence-electron chi connectivity index (χ3n) is 5.46. The Hall–Kier alpha value is -0.320. The lowest BCUT2D eigenvalue weighted by Gasteiger charge is -2.31. The number of rotatable bonds is 6. The summed E-state index contributed by atoms with van der Waals surface area (Å²) in [6.07, 6.45) is 6.17. The van der Waals surface area contributed by atoms with Crippen molar-refractivity contribution in [2.45, 2.75) is 58.0 Å². The van der Waals surface area contributed by atoms with E-state index in [4.69, 9.17) is 5.73 Å². The van der Waals surface area contributed by atoms with E-state index in [0.717, 1.165) is 32.0 Å². The van der Waals surface area contributed by atoms with E-state index in [-0.39, 0.29) is 17.8 Å². The smallest absolute Gasteiger partial charge is 0.237 e. The summed E-state index contributed by atoms with van der Waals surface area (Å²) >= 11 is 0. The first-order valence-electron chi connectivity index (χ1n) is 8.26. The van der Waals surface area contributed by atoms with Gasteiger partial charge in [-0.3, -0.25) is 9.69 Å². The maximum atomic E-state index is 12.7. The molecule has 122 valence electrons. The topological polar surface area (TPSA) is 49.6 Å². The van der Waals surface area contributed by atoms with Gasteiger partial charge in [0.25, 0.3) is 0 Å². The maximum absolute atomic E-state index is 12.7. The lowest BCUT2D eigenvalue weighted by atomic mass is 9.90. The molecule has 0 spiro atoms. The van der Waals surface area contributed by atoms with Crippen molar-refractivity contribution in [1.82, 2.24) is 9.80 Å². The Morgan fingerprint density at radius 3 is 2.52 bits per heavy atom. The second-order valence-electron chi connectivity index (χ2n) is 7.59. The second-order valence-corrected chi connectivity index (χ2v) is 7.59. The van der Waals surface area contributed by atoms with Crippen molar-refractivity contribution >= 4 is 18.3 Å². The zero-order valence-corrected chi connectivity index (χ0v) is 14.2. The van der Waals surface area contributed by atoms with Crippen LogP contribution in [0.4, 0.5) is 0 Å². The molecule has 0 aromatic carbocycles. The molecule has 0 aromatic heterocycles. The maximum Gasteiger partial charge on any atom is 0.237 e. The minimum atomic E-state index is 0. The molecule has 3 rings (SSSR count). The largest absolute Gasteiger partial charge is 0.336 e. The summed E-state index contributed by atoms with van der Waals surface area (Å²) in [5, 5.41) is 0. The molecule has 0 radical (unpaired) electrons. The molecular formula is C16H30ClN3O. The zero-order chi connectivity index (χ0) is 14.3. The standard InChI is InChI=1S/C16H29N3O.ClH/c1-12(13-3-4-13)19(14-5-6-14)15(20)9-18-8-7-16(2,10-17)11-18;/h12-14H,3-11,17H2,1-2H3;1H. The van der Waals surface area contributed by atoms with E-state index in [1.54, 1.807) is 0 Å². The fraction of sp³-hybridized carbons (Fsp3) is 0.938. The minimum Gasteiger partial charge on any atom is -0.336 e. The molecule has 0 bridgehead atoms. The lowest BCUT2D eigenvalue weighted by molar-refractivity contribution is -0.135. The molecule has 2 aliphatic carbocycles. The highest BCUT2D eigenvalue weighted by molar-refractivity contribution is 5.85. The fourth-order valence-corrected chi connectivity index (χ4v) is 3.62. The van der Waals surface area contributed by atoms with Gasteiger partial charge in [-0.2, -0.15) is 0 Å². The van der Waals surface area contributed by atoms with E-state index in [0.29, 0.717) is 24.5 Å². The van der Waals surface area contributed by atoms with Crippen molar-refractivity contribution < 1.29 is 4.79 Å². The van der Waals surface area contributed by atoms with E-state index >= 15 is 0 Å². The van der Waals surface area contributed by atoms with E-state index in [1.807, 2.05) is 0 Å². The van der Waals surface area contributed by atoms with Crippen molar-refractivity contribution in [1.29, 1.82) is 0 Å². The molecule has 1 heterocycles. The fourth-order valence-electron chi connectivity index (χ4n) is 3.62. The van der Waals surface area contributed by atoms with Crippen molar-refractivity contribution in [2.75, 3.05) is 26.2 Å². The van der Waals surface area contributed by atoms with Crippen molar-refractivity contribution in [3.63, 3.8) is 0 Å². The number of likely N-dealkylation sites (tertiary alicyclic amines) is 1. The van der Waals surface area contributed by atoms with Crippen molar-refractivity contribution in [3.05, 3.63) is 0 Å². The van der Waals surface area contributed by atoms with Gasteiger partial charge in [-0.05, 0) is 63.5 Å². The van der Waals surface area contributed by atoms with Gasteiger partial charge in [-0.15, -0.1) is 12.4 Å². The van der Waals surface area contributed by atoms with Gasteiger partial charge >= 0.3 is 0 Å². The van der Waals surface area contributed by atoms with Crippen LogP contribution in [0.1, 0.15) is 46.0 Å². The van der Waals surface area contributed by atoms with E-state index in [2.05, 4.69) is 23.6 Å². The van der Waals surface area contributed by atoms with E-state index in [1.165, 1.54) is 25.7 Å². The van der Waals surface area contributed by atoms with E-state index in [9.17, 15) is 4.79 Å². The number of hydrogen-bond acceptors (Lipinski definition) is 3. The van der Waals surface area contributed by atoms with Crippen LogP contribution < -0.4 is 5.73 Å². The molecule has 1 amide bonds. The normalized spacial score (nSPS) is 30.8. The summed E-state index contributed by atoms with van der Waals surface area (Å²) in [6.45, 7) is 7.82. The number of amides is 1. The Kier molecular flexibility index (Phi) is 5.22. The highest BCUT2D eigenvalue weighted by Gasteiger charge is 2.42. The SMILES string of the molecule is CC(C1CC1)N(C(=O)CN1CCC(C)(CN)C1)C1CC1.Cl. The summed E-state index contributed by atoms with van der Waals surface area (Å²) in [5.41, 5.74) is 6.07. The van der Waals surface area contributed by atoms with Gasteiger partial charge in [0.05, 0.1) is 6.54 Å². The number of nitrogens with zero attached hydrogens (tertiary/aromatic N) is 2. The summed E-state index contributed by atoms with van der Waals surface area (Å²) in [6, 6.07) is 1.00. The third-order valence-corrected chi connectivity index (χ3v) is 5.46. The first-order chi connectivity index (χ1) is 9.52. The van der Waals surface area contributed by atoms with Crippen LogP contribution in [0.25, 0.3) is 0 Å². The molecule has 2 unspecified atom stereocenters. The Morgan fingerprint density at radius 2 is 2.05 bits per heavy atom. The van der Waals surface area contributed by atoms with Crippen LogP contribution in [-0.4, -0.2) is 54.0 Å². The first-order valence-corrected chi connectivity index (χ1v) is 8.26. The monoisotopic (exact) mass is 315 g/mol.